The number of aromatic carboxylic acids is 1. The lowest BCUT2D eigenvalue weighted by molar-refractivity contribution is 0.0697. The Bertz CT molecular complexity index is 393. The summed E-state index contributed by atoms with van der Waals surface area (Å²) in [5.41, 5.74) is 1.14. The summed E-state index contributed by atoms with van der Waals surface area (Å²) in [5.74, 6) is -0.988. The highest BCUT2D eigenvalue weighted by molar-refractivity contribution is 6.33. The molecule has 0 aliphatic rings. The smallest absolute Gasteiger partial charge is 0.337 e. The zero-order valence-electron chi connectivity index (χ0n) is 10.2. The lowest BCUT2D eigenvalue weighted by Crippen LogP contribution is -2.23. The van der Waals surface area contributed by atoms with Gasteiger partial charge in [0.05, 0.1) is 10.6 Å². The number of rotatable bonds is 6. The lowest BCUT2D eigenvalue weighted by atomic mass is 10.2. The molecule has 0 aromatic heterocycles. The van der Waals surface area contributed by atoms with E-state index in [-0.39, 0.29) is 5.56 Å². The Balaban J connectivity index is 2.90. The number of hydrogen-bond donors (Lipinski definition) is 1. The van der Waals surface area contributed by atoms with Crippen molar-refractivity contribution in [2.45, 2.75) is 26.7 Å². The summed E-state index contributed by atoms with van der Waals surface area (Å²) in [6.07, 6.45) is 2.25. The Labute approximate surface area is 107 Å². The van der Waals surface area contributed by atoms with E-state index in [0.29, 0.717) is 5.02 Å². The molecule has 1 N–H and O–H groups in total. The molecule has 0 saturated heterocycles. The van der Waals surface area contributed by atoms with Gasteiger partial charge in [-0.25, -0.2) is 4.79 Å². The minimum atomic E-state index is -0.988. The van der Waals surface area contributed by atoms with Gasteiger partial charge >= 0.3 is 5.97 Å². The number of benzene rings is 1. The van der Waals surface area contributed by atoms with E-state index < -0.39 is 5.97 Å². The SMILES string of the molecule is CCCCN(CC)c1ccc(C(=O)O)c(Cl)c1. The Morgan fingerprint density at radius 2 is 2.12 bits per heavy atom. The van der Waals surface area contributed by atoms with Crippen LogP contribution in [0, 0.1) is 0 Å². The van der Waals surface area contributed by atoms with Crippen LogP contribution in [0.2, 0.25) is 5.02 Å². The topological polar surface area (TPSA) is 40.5 Å². The normalized spacial score (nSPS) is 10.3. The first kappa shape index (κ1) is 13.8. The lowest BCUT2D eigenvalue weighted by Gasteiger charge is -2.23. The van der Waals surface area contributed by atoms with Gasteiger partial charge in [0.2, 0.25) is 0 Å². The fourth-order valence-electron chi connectivity index (χ4n) is 1.69. The predicted octanol–water partition coefficient (Wildman–Crippen LogP) is 3.66. The third-order valence-corrected chi connectivity index (χ3v) is 3.02. The molecule has 0 aliphatic heterocycles. The fourth-order valence-corrected chi connectivity index (χ4v) is 1.95. The molecule has 0 amide bonds. The van der Waals surface area contributed by atoms with Gasteiger partial charge < -0.3 is 10.0 Å². The quantitative estimate of drug-likeness (QED) is 0.843. The van der Waals surface area contributed by atoms with Gasteiger partial charge in [-0.15, -0.1) is 0 Å². The van der Waals surface area contributed by atoms with Crippen LogP contribution in [0.1, 0.15) is 37.0 Å². The van der Waals surface area contributed by atoms with Gasteiger partial charge in [-0.1, -0.05) is 24.9 Å². The van der Waals surface area contributed by atoms with Gasteiger partial charge in [-0.2, -0.15) is 0 Å². The van der Waals surface area contributed by atoms with Crippen LogP contribution in [-0.2, 0) is 0 Å². The van der Waals surface area contributed by atoms with Crippen molar-refractivity contribution in [2.75, 3.05) is 18.0 Å². The maximum Gasteiger partial charge on any atom is 0.337 e. The average Bonchev–Trinajstić information content (AvgIpc) is 2.29. The molecular weight excluding hydrogens is 238 g/mol. The number of nitrogens with zero attached hydrogens (tertiary/aromatic N) is 1. The monoisotopic (exact) mass is 255 g/mol. The minimum Gasteiger partial charge on any atom is -0.478 e. The Hall–Kier alpha value is -1.22. The van der Waals surface area contributed by atoms with Crippen molar-refractivity contribution < 1.29 is 9.90 Å². The van der Waals surface area contributed by atoms with Gasteiger partial charge in [0.15, 0.2) is 0 Å². The summed E-state index contributed by atoms with van der Waals surface area (Å²) in [6.45, 7) is 6.08. The minimum absolute atomic E-state index is 0.155. The second-order valence-electron chi connectivity index (χ2n) is 3.90. The molecule has 4 heteroatoms. The van der Waals surface area contributed by atoms with Crippen molar-refractivity contribution in [3.05, 3.63) is 28.8 Å². The number of hydrogen-bond acceptors (Lipinski definition) is 2. The van der Waals surface area contributed by atoms with Crippen molar-refractivity contribution >= 4 is 23.3 Å². The fraction of sp³-hybridized carbons (Fsp3) is 0.462. The van der Waals surface area contributed by atoms with Gasteiger partial charge in [-0.05, 0) is 31.5 Å². The number of anilines is 1. The molecule has 0 fully saturated rings. The molecule has 3 nitrogen and oxygen atoms in total. The van der Waals surface area contributed by atoms with Gasteiger partial charge in [0, 0.05) is 18.8 Å². The summed E-state index contributed by atoms with van der Waals surface area (Å²) < 4.78 is 0. The molecule has 0 spiro atoms. The molecule has 17 heavy (non-hydrogen) atoms. The van der Waals surface area contributed by atoms with Crippen molar-refractivity contribution in [3.63, 3.8) is 0 Å². The molecule has 1 aromatic carbocycles. The number of halogens is 1. The zero-order valence-corrected chi connectivity index (χ0v) is 11.0. The van der Waals surface area contributed by atoms with Crippen LogP contribution in [0.3, 0.4) is 0 Å². The van der Waals surface area contributed by atoms with E-state index in [9.17, 15) is 4.79 Å². The van der Waals surface area contributed by atoms with Crippen LogP contribution in [-0.4, -0.2) is 24.2 Å². The number of carboxylic acids is 1. The van der Waals surface area contributed by atoms with Crippen LogP contribution in [0.4, 0.5) is 5.69 Å². The van der Waals surface area contributed by atoms with E-state index in [2.05, 4.69) is 18.7 Å². The number of carbonyl (C=O) groups is 1. The molecule has 0 radical (unpaired) electrons. The molecule has 94 valence electrons. The molecule has 0 atom stereocenters. The molecule has 0 heterocycles. The zero-order chi connectivity index (χ0) is 12.8. The Kier molecular flexibility index (Phi) is 5.29. The Morgan fingerprint density at radius 3 is 2.59 bits per heavy atom. The highest BCUT2D eigenvalue weighted by Crippen LogP contribution is 2.24. The van der Waals surface area contributed by atoms with Crippen LogP contribution in [0.25, 0.3) is 0 Å². The molecule has 0 bridgehead atoms. The van der Waals surface area contributed by atoms with Crippen LogP contribution >= 0.6 is 11.6 Å². The first-order valence-electron chi connectivity index (χ1n) is 5.88. The van der Waals surface area contributed by atoms with Crippen molar-refractivity contribution in [1.82, 2.24) is 0 Å². The van der Waals surface area contributed by atoms with E-state index in [1.807, 2.05) is 6.07 Å². The van der Waals surface area contributed by atoms with Crippen LogP contribution in [0.5, 0.6) is 0 Å². The third-order valence-electron chi connectivity index (χ3n) is 2.71. The summed E-state index contributed by atoms with van der Waals surface area (Å²) in [6, 6.07) is 5.10. The first-order chi connectivity index (χ1) is 8.10. The molecule has 0 saturated carbocycles. The van der Waals surface area contributed by atoms with E-state index >= 15 is 0 Å². The molecule has 1 aromatic rings. The summed E-state index contributed by atoms with van der Waals surface area (Å²) >= 11 is 5.95. The predicted molar refractivity (Wildman–Crippen MR) is 71.2 cm³/mol. The second kappa shape index (κ2) is 6.50. The van der Waals surface area contributed by atoms with E-state index in [0.717, 1.165) is 31.6 Å². The number of carboxylic acid groups (broad SMARTS) is 1. The molecule has 0 aliphatic carbocycles. The van der Waals surface area contributed by atoms with Crippen LogP contribution in [0.15, 0.2) is 18.2 Å². The Morgan fingerprint density at radius 1 is 1.41 bits per heavy atom. The van der Waals surface area contributed by atoms with Crippen LogP contribution < -0.4 is 4.90 Å². The van der Waals surface area contributed by atoms with Crippen molar-refractivity contribution in [2.24, 2.45) is 0 Å². The van der Waals surface area contributed by atoms with E-state index in [4.69, 9.17) is 16.7 Å². The van der Waals surface area contributed by atoms with Crippen molar-refractivity contribution in [1.29, 1.82) is 0 Å². The van der Waals surface area contributed by atoms with Gasteiger partial charge in [-0.3, -0.25) is 0 Å². The average molecular weight is 256 g/mol. The standard InChI is InChI=1S/C13H18ClNO2/c1-3-5-8-15(4-2)10-6-7-11(13(16)17)12(14)9-10/h6-7,9H,3-5,8H2,1-2H3,(H,16,17). The van der Waals surface area contributed by atoms with Gasteiger partial charge in [0.25, 0.3) is 0 Å². The summed E-state index contributed by atoms with van der Waals surface area (Å²) in [7, 11) is 0. The largest absolute Gasteiger partial charge is 0.478 e. The van der Waals surface area contributed by atoms with E-state index in [1.165, 1.54) is 0 Å². The third kappa shape index (κ3) is 3.63. The maximum atomic E-state index is 10.8. The highest BCUT2D eigenvalue weighted by Gasteiger charge is 2.11. The highest BCUT2D eigenvalue weighted by atomic mass is 35.5. The number of unbranched alkanes of at least 4 members (excludes halogenated alkanes) is 1. The second-order valence-corrected chi connectivity index (χ2v) is 4.31. The molecule has 0 unspecified atom stereocenters. The first-order valence-corrected chi connectivity index (χ1v) is 6.25. The molecular formula is C13H18ClNO2. The van der Waals surface area contributed by atoms with Crippen molar-refractivity contribution in [3.8, 4) is 0 Å². The summed E-state index contributed by atoms with van der Waals surface area (Å²) in [5, 5.41) is 9.19. The van der Waals surface area contributed by atoms with Gasteiger partial charge in [0.1, 0.15) is 0 Å². The maximum absolute atomic E-state index is 10.8. The molecule has 1 rings (SSSR count). The van der Waals surface area contributed by atoms with E-state index in [1.54, 1.807) is 12.1 Å². The summed E-state index contributed by atoms with van der Waals surface area (Å²) in [4.78, 5) is 13.0.